The van der Waals surface area contributed by atoms with Crippen molar-refractivity contribution in [3.05, 3.63) is 12.0 Å². The number of piperidine rings is 1. The number of imidazole rings is 1. The van der Waals surface area contributed by atoms with Crippen molar-refractivity contribution in [2.75, 3.05) is 13.1 Å². The number of aromatic nitrogens is 2. The van der Waals surface area contributed by atoms with E-state index >= 15 is 0 Å². The second kappa shape index (κ2) is 3.55. The van der Waals surface area contributed by atoms with E-state index in [1.54, 1.807) is 0 Å². The molecule has 1 aromatic heterocycles. The third kappa shape index (κ3) is 1.67. The molecule has 0 saturated carbocycles. The summed E-state index contributed by atoms with van der Waals surface area (Å²) in [5.74, 6) is 1.79. The molecule has 66 valence electrons. The summed E-state index contributed by atoms with van der Waals surface area (Å²) in [5, 5.41) is 3.34. The average molecular weight is 183 g/mol. The minimum atomic E-state index is 0.639. The molecule has 2 rings (SSSR count). The first-order chi connectivity index (χ1) is 5.86. The van der Waals surface area contributed by atoms with E-state index in [-0.39, 0.29) is 0 Å². The topological polar surface area (TPSA) is 40.7 Å². The first kappa shape index (κ1) is 8.21. The van der Waals surface area contributed by atoms with E-state index < -0.39 is 0 Å². The first-order valence-electron chi connectivity index (χ1n) is 4.37. The Hall–Kier alpha value is -0.400. The number of hydrogen-bond donors (Lipinski definition) is 2. The molecular formula is C8H14N3P. The molecule has 1 unspecified atom stereocenters. The smallest absolute Gasteiger partial charge is 0.109 e. The van der Waals surface area contributed by atoms with Crippen LogP contribution in [0.5, 0.6) is 0 Å². The molecule has 4 heteroatoms. The molecule has 1 aromatic rings. The lowest BCUT2D eigenvalue weighted by atomic mass is 9.98. The van der Waals surface area contributed by atoms with Crippen LogP contribution in [0, 0.1) is 0 Å². The summed E-state index contributed by atoms with van der Waals surface area (Å²) < 4.78 is 0. The molecule has 12 heavy (non-hydrogen) atoms. The highest BCUT2D eigenvalue weighted by Gasteiger charge is 2.16. The second-order valence-electron chi connectivity index (χ2n) is 3.25. The van der Waals surface area contributed by atoms with Gasteiger partial charge in [-0.2, -0.15) is 0 Å². The molecule has 0 amide bonds. The van der Waals surface area contributed by atoms with Crippen LogP contribution in [0.4, 0.5) is 0 Å². The van der Waals surface area contributed by atoms with Crippen molar-refractivity contribution in [2.45, 2.75) is 18.8 Å². The van der Waals surface area contributed by atoms with Gasteiger partial charge in [0.2, 0.25) is 0 Å². The molecular weight excluding hydrogens is 169 g/mol. The Morgan fingerprint density at radius 2 is 2.17 bits per heavy atom. The normalized spacial score (nSPS) is 19.8. The minimum Gasteiger partial charge on any atom is -0.342 e. The van der Waals surface area contributed by atoms with Crippen molar-refractivity contribution in [1.29, 1.82) is 0 Å². The Labute approximate surface area is 74.6 Å². The lowest BCUT2D eigenvalue weighted by Crippen LogP contribution is -2.27. The lowest BCUT2D eigenvalue weighted by Gasteiger charge is -2.20. The Morgan fingerprint density at radius 1 is 1.42 bits per heavy atom. The quantitative estimate of drug-likeness (QED) is 0.618. The van der Waals surface area contributed by atoms with Gasteiger partial charge in [-0.3, -0.25) is 0 Å². The van der Waals surface area contributed by atoms with Gasteiger partial charge >= 0.3 is 0 Å². The largest absolute Gasteiger partial charge is 0.342 e. The molecule has 0 aromatic carbocycles. The maximum atomic E-state index is 4.34. The molecule has 2 N–H and O–H groups in total. The lowest BCUT2D eigenvalue weighted by molar-refractivity contribution is 0.447. The molecule has 1 atom stereocenters. The van der Waals surface area contributed by atoms with Crippen LogP contribution in [0.25, 0.3) is 0 Å². The molecule has 0 spiro atoms. The molecule has 1 saturated heterocycles. The van der Waals surface area contributed by atoms with Crippen LogP contribution in [-0.4, -0.2) is 23.1 Å². The Bertz CT molecular complexity index is 253. The van der Waals surface area contributed by atoms with Gasteiger partial charge in [0.05, 0.1) is 11.6 Å². The highest BCUT2D eigenvalue weighted by atomic mass is 31.0. The zero-order valence-corrected chi connectivity index (χ0v) is 8.16. The maximum Gasteiger partial charge on any atom is 0.109 e. The van der Waals surface area contributed by atoms with Gasteiger partial charge in [-0.1, -0.05) is 9.24 Å². The van der Waals surface area contributed by atoms with Crippen LogP contribution in [0.15, 0.2) is 6.20 Å². The maximum absolute atomic E-state index is 4.34. The van der Waals surface area contributed by atoms with Crippen molar-refractivity contribution < 1.29 is 0 Å². The average Bonchev–Trinajstić information content (AvgIpc) is 2.54. The van der Waals surface area contributed by atoms with Crippen LogP contribution in [0.2, 0.25) is 0 Å². The minimum absolute atomic E-state index is 0.639. The van der Waals surface area contributed by atoms with Crippen LogP contribution >= 0.6 is 9.24 Å². The first-order valence-corrected chi connectivity index (χ1v) is 4.95. The van der Waals surface area contributed by atoms with E-state index in [1.807, 2.05) is 6.20 Å². The summed E-state index contributed by atoms with van der Waals surface area (Å²) in [7, 11) is 2.64. The molecule has 2 heterocycles. The monoisotopic (exact) mass is 183 g/mol. The molecule has 0 bridgehead atoms. The van der Waals surface area contributed by atoms with Gasteiger partial charge < -0.3 is 10.3 Å². The van der Waals surface area contributed by atoms with Gasteiger partial charge in [0.25, 0.3) is 0 Å². The van der Waals surface area contributed by atoms with Gasteiger partial charge in [-0.25, -0.2) is 4.98 Å². The van der Waals surface area contributed by atoms with Gasteiger partial charge in [0.1, 0.15) is 5.82 Å². The van der Waals surface area contributed by atoms with E-state index in [0.717, 1.165) is 24.3 Å². The fraction of sp³-hybridized carbons (Fsp3) is 0.625. The summed E-state index contributed by atoms with van der Waals surface area (Å²) in [4.78, 5) is 7.61. The molecule has 1 aliphatic rings. The van der Waals surface area contributed by atoms with Gasteiger partial charge in [-0.05, 0) is 25.9 Å². The number of aromatic amines is 1. The van der Waals surface area contributed by atoms with E-state index in [4.69, 9.17) is 0 Å². The summed E-state index contributed by atoms with van der Waals surface area (Å²) in [6.07, 6.45) is 4.29. The highest BCUT2D eigenvalue weighted by Crippen LogP contribution is 2.21. The summed E-state index contributed by atoms with van der Waals surface area (Å²) in [6.45, 7) is 2.25. The van der Waals surface area contributed by atoms with E-state index in [0.29, 0.717) is 5.92 Å². The standard InChI is InChI=1S/C8H14N3P/c12-7-5-10-8(11-7)6-1-3-9-4-2-6/h5-6,9H,1-4,12H2,(H,10,11). The fourth-order valence-corrected chi connectivity index (χ4v) is 1.88. The predicted molar refractivity (Wildman–Crippen MR) is 52.8 cm³/mol. The molecule has 0 radical (unpaired) electrons. The van der Waals surface area contributed by atoms with Crippen LogP contribution in [-0.2, 0) is 0 Å². The van der Waals surface area contributed by atoms with Gasteiger partial charge in [-0.15, -0.1) is 0 Å². The van der Waals surface area contributed by atoms with Crippen molar-refractivity contribution in [2.24, 2.45) is 0 Å². The van der Waals surface area contributed by atoms with Crippen molar-refractivity contribution in [1.82, 2.24) is 15.3 Å². The number of nitrogens with zero attached hydrogens (tertiary/aromatic N) is 1. The summed E-state index contributed by atoms with van der Waals surface area (Å²) >= 11 is 0. The molecule has 3 nitrogen and oxygen atoms in total. The van der Waals surface area contributed by atoms with Gasteiger partial charge in [0.15, 0.2) is 0 Å². The SMILES string of the molecule is Pc1cnc(C2CCNCC2)[nH]1. The third-order valence-electron chi connectivity index (χ3n) is 2.34. The van der Waals surface area contributed by atoms with E-state index in [2.05, 4.69) is 24.5 Å². The molecule has 1 fully saturated rings. The predicted octanol–water partition coefficient (Wildman–Crippen LogP) is 0.377. The number of H-pyrrole nitrogens is 1. The number of rotatable bonds is 1. The van der Waals surface area contributed by atoms with E-state index in [1.165, 1.54) is 12.8 Å². The van der Waals surface area contributed by atoms with Crippen molar-refractivity contribution in [3.63, 3.8) is 0 Å². The van der Waals surface area contributed by atoms with Gasteiger partial charge in [0, 0.05) is 5.92 Å². The van der Waals surface area contributed by atoms with Crippen LogP contribution < -0.4 is 10.8 Å². The zero-order valence-electron chi connectivity index (χ0n) is 7.01. The summed E-state index contributed by atoms with van der Waals surface area (Å²) in [6, 6.07) is 0. The molecule has 0 aliphatic carbocycles. The Balaban J connectivity index is 2.08. The second-order valence-corrected chi connectivity index (χ2v) is 3.87. The highest BCUT2D eigenvalue weighted by molar-refractivity contribution is 7.26. The third-order valence-corrected chi connectivity index (χ3v) is 2.63. The van der Waals surface area contributed by atoms with Crippen molar-refractivity contribution >= 4 is 14.7 Å². The van der Waals surface area contributed by atoms with Crippen LogP contribution in [0.1, 0.15) is 24.6 Å². The molecule has 1 aliphatic heterocycles. The summed E-state index contributed by atoms with van der Waals surface area (Å²) in [5.41, 5.74) is 1.09. The Kier molecular flexibility index (Phi) is 2.43. The van der Waals surface area contributed by atoms with Crippen molar-refractivity contribution in [3.8, 4) is 0 Å². The van der Waals surface area contributed by atoms with Crippen LogP contribution in [0.3, 0.4) is 0 Å². The number of hydrogen-bond acceptors (Lipinski definition) is 2. The van der Waals surface area contributed by atoms with E-state index in [9.17, 15) is 0 Å². The Morgan fingerprint density at radius 3 is 2.75 bits per heavy atom. The zero-order chi connectivity index (χ0) is 8.39. The number of nitrogens with one attached hydrogen (secondary N) is 2. The fourth-order valence-electron chi connectivity index (χ4n) is 1.65.